The number of nitrogens with one attached hydrogen (secondary N) is 2. The van der Waals surface area contributed by atoms with Crippen LogP contribution in [0.15, 0.2) is 0 Å². The molecule has 4 nitrogen and oxygen atoms in total. The van der Waals surface area contributed by atoms with E-state index in [4.69, 9.17) is 17.0 Å². The molecule has 0 bridgehead atoms. The molecule has 1 rings (SSSR count). The number of guanidine groups is 1. The summed E-state index contributed by atoms with van der Waals surface area (Å²) >= 11 is 5.39. The van der Waals surface area contributed by atoms with Crippen LogP contribution in [0.1, 0.15) is 12.8 Å². The fourth-order valence-corrected chi connectivity index (χ4v) is 1.71. The van der Waals surface area contributed by atoms with E-state index >= 15 is 0 Å². The minimum Gasteiger partial charge on any atom is -0.359 e. The Morgan fingerprint density at radius 3 is 2.46 bits per heavy atom. The first-order chi connectivity index (χ1) is 6.15. The minimum absolute atomic E-state index is 0.0115. The van der Waals surface area contributed by atoms with Gasteiger partial charge in [-0.15, -0.1) is 0 Å². The van der Waals surface area contributed by atoms with Crippen LogP contribution in [0.4, 0.5) is 0 Å². The summed E-state index contributed by atoms with van der Waals surface area (Å²) in [4.78, 5) is 12.7. The topological polar surface area (TPSA) is 56.2 Å². The molecular formula is C8H14ClN3O. The van der Waals surface area contributed by atoms with Crippen LogP contribution >= 0.6 is 11.6 Å². The Bertz CT molecular complexity index is 211. The molecule has 1 heterocycles. The van der Waals surface area contributed by atoms with Gasteiger partial charge in [0.05, 0.1) is 0 Å². The lowest BCUT2D eigenvalue weighted by Crippen LogP contribution is -2.44. The smallest absolute Gasteiger partial charge is 0.224 e. The van der Waals surface area contributed by atoms with Crippen molar-refractivity contribution in [3.05, 3.63) is 0 Å². The molecule has 5 heteroatoms. The van der Waals surface area contributed by atoms with Gasteiger partial charge >= 0.3 is 0 Å². The second-order valence-electron chi connectivity index (χ2n) is 3.16. The van der Waals surface area contributed by atoms with Crippen molar-refractivity contribution >= 4 is 22.8 Å². The summed E-state index contributed by atoms with van der Waals surface area (Å²) in [5, 5.41) is 10.0. The second kappa shape index (κ2) is 4.46. The molecule has 1 aliphatic rings. The normalized spacial score (nSPS) is 18.5. The molecule has 0 saturated carbocycles. The van der Waals surface area contributed by atoms with E-state index in [0.29, 0.717) is 5.96 Å². The third-order valence-corrected chi connectivity index (χ3v) is 2.68. The first kappa shape index (κ1) is 10.3. The molecule has 1 fully saturated rings. The van der Waals surface area contributed by atoms with Gasteiger partial charge in [0, 0.05) is 26.1 Å². The number of carbonyl (C=O) groups is 1. The highest BCUT2D eigenvalue weighted by molar-refractivity contribution is 6.63. The number of nitrogens with zero attached hydrogens (tertiary/aromatic N) is 1. The molecule has 1 saturated heterocycles. The Morgan fingerprint density at radius 2 is 2.08 bits per heavy atom. The van der Waals surface area contributed by atoms with Gasteiger partial charge in [-0.1, -0.05) is 0 Å². The highest BCUT2D eigenvalue weighted by Gasteiger charge is 2.24. The number of carbonyl (C=O) groups excluding carboxylic acids is 1. The number of piperidine rings is 1. The maximum Gasteiger partial charge on any atom is 0.224 e. The number of hydrogen-bond acceptors (Lipinski definition) is 2. The molecule has 0 aromatic carbocycles. The molecule has 0 amide bonds. The summed E-state index contributed by atoms with van der Waals surface area (Å²) in [6.07, 6.45) is 1.51. The van der Waals surface area contributed by atoms with Crippen molar-refractivity contribution in [3.63, 3.8) is 0 Å². The van der Waals surface area contributed by atoms with Gasteiger partial charge in [0.15, 0.2) is 5.96 Å². The number of hydrogen-bond donors (Lipinski definition) is 2. The van der Waals surface area contributed by atoms with Gasteiger partial charge < -0.3 is 10.2 Å². The fraction of sp³-hybridized carbons (Fsp3) is 0.750. The van der Waals surface area contributed by atoms with Crippen molar-refractivity contribution in [2.24, 2.45) is 5.92 Å². The summed E-state index contributed by atoms with van der Waals surface area (Å²) in [6, 6.07) is 0. The standard InChI is InChI=1S/C8H14ClN3O/c1-11-8(10)12-4-2-6(3-5-12)7(9)13/h6H,2-5H2,1H3,(H2,10,11). The number of halogens is 1. The van der Waals surface area contributed by atoms with Crippen LogP contribution in [0.2, 0.25) is 0 Å². The average Bonchev–Trinajstić information content (AvgIpc) is 2.17. The molecule has 2 N–H and O–H groups in total. The van der Waals surface area contributed by atoms with Crippen LogP contribution in [0.5, 0.6) is 0 Å². The Hall–Kier alpha value is -0.770. The number of likely N-dealkylation sites (tertiary alicyclic amines) is 1. The largest absolute Gasteiger partial charge is 0.359 e. The SMILES string of the molecule is CNC(=N)N1CCC(C(=O)Cl)CC1. The Labute approximate surface area is 82.7 Å². The lowest BCUT2D eigenvalue weighted by atomic mass is 9.99. The predicted molar refractivity (Wildman–Crippen MR) is 51.9 cm³/mol. The quantitative estimate of drug-likeness (QED) is 0.373. The lowest BCUT2D eigenvalue weighted by Gasteiger charge is -2.31. The zero-order chi connectivity index (χ0) is 9.84. The van der Waals surface area contributed by atoms with Crippen molar-refractivity contribution in [3.8, 4) is 0 Å². The molecule has 13 heavy (non-hydrogen) atoms. The molecule has 0 spiro atoms. The van der Waals surface area contributed by atoms with Crippen LogP contribution in [0.3, 0.4) is 0 Å². The summed E-state index contributed by atoms with van der Waals surface area (Å²) in [5.74, 6) is 0.406. The van der Waals surface area contributed by atoms with Crippen molar-refractivity contribution in [1.82, 2.24) is 10.2 Å². The third kappa shape index (κ3) is 2.59. The average molecular weight is 204 g/mol. The highest BCUT2D eigenvalue weighted by Crippen LogP contribution is 2.19. The number of rotatable bonds is 1. The molecule has 0 aliphatic carbocycles. The van der Waals surface area contributed by atoms with Gasteiger partial charge in [0.25, 0.3) is 0 Å². The molecule has 0 aromatic heterocycles. The zero-order valence-corrected chi connectivity index (χ0v) is 8.40. The summed E-state index contributed by atoms with van der Waals surface area (Å²) < 4.78 is 0. The van der Waals surface area contributed by atoms with E-state index in [2.05, 4.69) is 5.32 Å². The molecule has 0 aromatic rings. The Balaban J connectivity index is 2.39. The van der Waals surface area contributed by atoms with Gasteiger partial charge in [-0.25, -0.2) is 0 Å². The van der Waals surface area contributed by atoms with Crippen LogP contribution in [0.25, 0.3) is 0 Å². The second-order valence-corrected chi connectivity index (χ2v) is 3.54. The lowest BCUT2D eigenvalue weighted by molar-refractivity contribution is -0.116. The van der Waals surface area contributed by atoms with E-state index in [1.54, 1.807) is 7.05 Å². The zero-order valence-electron chi connectivity index (χ0n) is 7.64. The maximum absolute atomic E-state index is 10.8. The van der Waals surface area contributed by atoms with Gasteiger partial charge in [-0.3, -0.25) is 10.2 Å². The summed E-state index contributed by atoms with van der Waals surface area (Å²) in [6.45, 7) is 1.48. The van der Waals surface area contributed by atoms with Crippen LogP contribution in [-0.4, -0.2) is 36.2 Å². The van der Waals surface area contributed by atoms with Gasteiger partial charge in [0.2, 0.25) is 5.24 Å². The molecule has 0 unspecified atom stereocenters. The Kier molecular flexibility index (Phi) is 3.54. The Morgan fingerprint density at radius 1 is 1.54 bits per heavy atom. The first-order valence-electron chi connectivity index (χ1n) is 4.35. The monoisotopic (exact) mass is 203 g/mol. The van der Waals surface area contributed by atoms with Crippen LogP contribution < -0.4 is 5.32 Å². The molecule has 0 atom stereocenters. The van der Waals surface area contributed by atoms with Crippen molar-refractivity contribution < 1.29 is 4.79 Å². The van der Waals surface area contributed by atoms with Crippen LogP contribution in [-0.2, 0) is 4.79 Å². The van der Waals surface area contributed by atoms with E-state index in [-0.39, 0.29) is 11.2 Å². The maximum atomic E-state index is 10.8. The van der Waals surface area contributed by atoms with E-state index in [1.807, 2.05) is 4.90 Å². The van der Waals surface area contributed by atoms with E-state index < -0.39 is 0 Å². The molecular weight excluding hydrogens is 190 g/mol. The third-order valence-electron chi connectivity index (χ3n) is 2.37. The van der Waals surface area contributed by atoms with E-state index in [1.165, 1.54) is 0 Å². The van der Waals surface area contributed by atoms with Gasteiger partial charge in [-0.2, -0.15) is 0 Å². The van der Waals surface area contributed by atoms with Gasteiger partial charge in [-0.05, 0) is 24.4 Å². The highest BCUT2D eigenvalue weighted by atomic mass is 35.5. The van der Waals surface area contributed by atoms with Crippen molar-refractivity contribution in [2.45, 2.75) is 12.8 Å². The van der Waals surface area contributed by atoms with Gasteiger partial charge in [0.1, 0.15) is 0 Å². The van der Waals surface area contributed by atoms with Crippen molar-refractivity contribution in [1.29, 1.82) is 5.41 Å². The van der Waals surface area contributed by atoms with E-state index in [0.717, 1.165) is 25.9 Å². The van der Waals surface area contributed by atoms with E-state index in [9.17, 15) is 4.79 Å². The fourth-order valence-electron chi connectivity index (χ4n) is 1.49. The predicted octanol–water partition coefficient (Wildman–Crippen LogP) is 0.618. The molecule has 0 radical (unpaired) electrons. The van der Waals surface area contributed by atoms with Crippen LogP contribution in [0, 0.1) is 11.3 Å². The minimum atomic E-state index is -0.240. The molecule has 74 valence electrons. The summed E-state index contributed by atoms with van der Waals surface area (Å²) in [7, 11) is 1.72. The first-order valence-corrected chi connectivity index (χ1v) is 4.73. The molecule has 1 aliphatic heterocycles. The van der Waals surface area contributed by atoms with Crippen molar-refractivity contribution in [2.75, 3.05) is 20.1 Å². The summed E-state index contributed by atoms with van der Waals surface area (Å²) in [5.41, 5.74) is 0.